The number of nitrogen functional groups attached to an aromatic ring is 2. The Morgan fingerprint density at radius 1 is 1.54 bits per heavy atom. The van der Waals surface area contributed by atoms with Crippen LogP contribution in [0.1, 0.15) is 11.3 Å². The largest absolute Gasteiger partial charge is 0.396 e. The Labute approximate surface area is 83.3 Å². The first-order valence-corrected chi connectivity index (χ1v) is 4.58. The fraction of sp³-hybridized carbons (Fsp3) is 0.222. The number of aryl methyl sites for hydroxylation is 1. The number of nitrogens with zero attached hydrogens (tertiary/aromatic N) is 1. The third kappa shape index (κ3) is 2.39. The lowest BCUT2D eigenvalue weighted by Gasteiger charge is -2.04. The first kappa shape index (κ1) is 9.92. The Balaban J connectivity index is 3.08. The van der Waals surface area contributed by atoms with Gasteiger partial charge in [0.2, 0.25) is 0 Å². The highest BCUT2D eigenvalue weighted by Gasteiger charge is 2.00. The van der Waals surface area contributed by atoms with Gasteiger partial charge < -0.3 is 11.5 Å². The van der Waals surface area contributed by atoms with Gasteiger partial charge in [-0.3, -0.25) is 0 Å². The van der Waals surface area contributed by atoms with Crippen molar-refractivity contribution in [1.29, 1.82) is 0 Å². The topological polar surface area (TPSA) is 64.9 Å². The number of hydrogen-bond acceptors (Lipinski definition) is 4. The third-order valence-electron chi connectivity index (χ3n) is 1.72. The quantitative estimate of drug-likeness (QED) is 0.626. The molecule has 0 saturated heterocycles. The molecule has 70 valence electrons. The second-order valence-corrected chi connectivity index (χ2v) is 3.09. The molecular weight excluding hydrogens is 182 g/mol. The third-order valence-corrected chi connectivity index (χ3v) is 1.93. The molecule has 4 N–H and O–H groups in total. The van der Waals surface area contributed by atoms with Gasteiger partial charge in [0, 0.05) is 11.4 Å². The summed E-state index contributed by atoms with van der Waals surface area (Å²) in [6.07, 6.45) is 3.87. The molecule has 1 rings (SSSR count). The van der Waals surface area contributed by atoms with Crippen LogP contribution in [0.3, 0.4) is 0 Å². The van der Waals surface area contributed by atoms with Gasteiger partial charge in [0.25, 0.3) is 0 Å². The number of rotatable bonds is 2. The van der Waals surface area contributed by atoms with E-state index in [9.17, 15) is 0 Å². The zero-order chi connectivity index (χ0) is 9.84. The number of hydrogen-bond donors (Lipinski definition) is 3. The first-order chi connectivity index (χ1) is 6.15. The fourth-order valence-corrected chi connectivity index (χ4v) is 1.11. The molecule has 0 aliphatic carbocycles. The Bertz CT molecular complexity index is 334. The normalized spacial score (nSPS) is 10.9. The lowest BCUT2D eigenvalue weighted by molar-refractivity contribution is 1.20. The predicted molar refractivity (Wildman–Crippen MR) is 60.7 cm³/mol. The highest BCUT2D eigenvalue weighted by atomic mass is 32.1. The van der Waals surface area contributed by atoms with Crippen molar-refractivity contribution in [3.8, 4) is 0 Å². The molecule has 0 aliphatic rings. The maximum atomic E-state index is 5.62. The van der Waals surface area contributed by atoms with E-state index in [1.54, 1.807) is 0 Å². The van der Waals surface area contributed by atoms with Gasteiger partial charge in [-0.05, 0) is 18.6 Å². The molecule has 0 saturated carbocycles. The average Bonchev–Trinajstić information content (AvgIpc) is 2.09. The van der Waals surface area contributed by atoms with E-state index in [1.807, 2.05) is 25.1 Å². The van der Waals surface area contributed by atoms with E-state index in [0.717, 1.165) is 11.3 Å². The number of anilines is 2. The molecule has 0 fully saturated rings. The van der Waals surface area contributed by atoms with Crippen LogP contribution in [0.5, 0.6) is 0 Å². The van der Waals surface area contributed by atoms with Gasteiger partial charge in [-0.2, -0.15) is 12.6 Å². The summed E-state index contributed by atoms with van der Waals surface area (Å²) in [6, 6.07) is 1.82. The monoisotopic (exact) mass is 195 g/mol. The zero-order valence-electron chi connectivity index (χ0n) is 7.49. The Hall–Kier alpha value is -1.16. The molecule has 0 unspecified atom stereocenters. The molecule has 1 aromatic rings. The van der Waals surface area contributed by atoms with E-state index in [0.29, 0.717) is 17.3 Å². The van der Waals surface area contributed by atoms with E-state index >= 15 is 0 Å². The van der Waals surface area contributed by atoms with E-state index in [2.05, 4.69) is 17.6 Å². The number of pyridine rings is 1. The van der Waals surface area contributed by atoms with Crippen molar-refractivity contribution >= 4 is 30.2 Å². The second-order valence-electron chi connectivity index (χ2n) is 2.72. The molecular formula is C9H13N3S. The average molecular weight is 195 g/mol. The van der Waals surface area contributed by atoms with Gasteiger partial charge in [-0.1, -0.05) is 12.2 Å². The molecule has 0 aliphatic heterocycles. The summed E-state index contributed by atoms with van der Waals surface area (Å²) < 4.78 is 0. The van der Waals surface area contributed by atoms with Crippen LogP contribution in [-0.4, -0.2) is 10.7 Å². The summed E-state index contributed by atoms with van der Waals surface area (Å²) in [5.41, 5.74) is 13.5. The van der Waals surface area contributed by atoms with Gasteiger partial charge >= 0.3 is 0 Å². The van der Waals surface area contributed by atoms with Crippen molar-refractivity contribution in [2.75, 3.05) is 17.2 Å². The predicted octanol–water partition coefficient (Wildman–Crippen LogP) is 1.50. The van der Waals surface area contributed by atoms with Crippen LogP contribution >= 0.6 is 12.6 Å². The van der Waals surface area contributed by atoms with Crippen molar-refractivity contribution in [3.05, 3.63) is 23.4 Å². The lowest BCUT2D eigenvalue weighted by Crippen LogP contribution is -2.00. The van der Waals surface area contributed by atoms with Crippen LogP contribution in [0.4, 0.5) is 11.5 Å². The lowest BCUT2D eigenvalue weighted by atomic mass is 10.2. The molecule has 0 spiro atoms. The van der Waals surface area contributed by atoms with Crippen LogP contribution in [0.25, 0.3) is 6.08 Å². The van der Waals surface area contributed by atoms with E-state index in [4.69, 9.17) is 11.5 Å². The van der Waals surface area contributed by atoms with E-state index < -0.39 is 0 Å². The standard InChI is InChI=1S/C9H13N3S/c1-6-7(3-2-4-13)5-8(10)9(11)12-6/h2-3,5,13H,4,10H2,1H3,(H2,11,12). The molecule has 0 radical (unpaired) electrons. The first-order valence-electron chi connectivity index (χ1n) is 3.95. The van der Waals surface area contributed by atoms with Gasteiger partial charge in [-0.25, -0.2) is 4.98 Å². The molecule has 0 amide bonds. The van der Waals surface area contributed by atoms with Crippen LogP contribution in [0, 0.1) is 6.92 Å². The van der Waals surface area contributed by atoms with Crippen LogP contribution in [-0.2, 0) is 0 Å². The summed E-state index contributed by atoms with van der Waals surface area (Å²) in [5, 5.41) is 0. The minimum absolute atomic E-state index is 0.389. The maximum absolute atomic E-state index is 5.62. The molecule has 0 bridgehead atoms. The molecule has 13 heavy (non-hydrogen) atoms. The molecule has 1 aromatic heterocycles. The minimum Gasteiger partial charge on any atom is -0.396 e. The van der Waals surface area contributed by atoms with Gasteiger partial charge in [0.1, 0.15) is 5.82 Å². The van der Waals surface area contributed by atoms with Gasteiger partial charge in [-0.15, -0.1) is 0 Å². The minimum atomic E-state index is 0.389. The molecule has 3 nitrogen and oxygen atoms in total. The fourth-order valence-electron chi connectivity index (χ4n) is 1.00. The van der Waals surface area contributed by atoms with Crippen LogP contribution < -0.4 is 11.5 Å². The summed E-state index contributed by atoms with van der Waals surface area (Å²) in [4.78, 5) is 4.10. The zero-order valence-corrected chi connectivity index (χ0v) is 8.38. The smallest absolute Gasteiger partial charge is 0.146 e. The van der Waals surface area contributed by atoms with Crippen LogP contribution in [0.2, 0.25) is 0 Å². The molecule has 0 atom stereocenters. The summed E-state index contributed by atoms with van der Waals surface area (Å²) in [6.45, 7) is 1.90. The number of aromatic nitrogens is 1. The molecule has 4 heteroatoms. The Morgan fingerprint density at radius 3 is 2.85 bits per heavy atom. The highest BCUT2D eigenvalue weighted by molar-refractivity contribution is 7.80. The van der Waals surface area contributed by atoms with Crippen molar-refractivity contribution < 1.29 is 0 Å². The second kappa shape index (κ2) is 4.18. The number of nitrogens with two attached hydrogens (primary N) is 2. The van der Waals surface area contributed by atoms with Crippen molar-refractivity contribution in [2.45, 2.75) is 6.92 Å². The van der Waals surface area contributed by atoms with Gasteiger partial charge in [0.05, 0.1) is 5.69 Å². The Kier molecular flexibility index (Phi) is 3.19. The molecule has 1 heterocycles. The molecule has 0 aromatic carbocycles. The van der Waals surface area contributed by atoms with Gasteiger partial charge in [0.15, 0.2) is 0 Å². The van der Waals surface area contributed by atoms with Crippen molar-refractivity contribution in [3.63, 3.8) is 0 Å². The SMILES string of the molecule is Cc1nc(N)c(N)cc1C=CCS. The summed E-state index contributed by atoms with van der Waals surface area (Å²) in [5.74, 6) is 1.09. The van der Waals surface area contributed by atoms with Crippen molar-refractivity contribution in [2.24, 2.45) is 0 Å². The Morgan fingerprint density at radius 2 is 2.23 bits per heavy atom. The maximum Gasteiger partial charge on any atom is 0.146 e. The number of thiol groups is 1. The van der Waals surface area contributed by atoms with E-state index in [-0.39, 0.29) is 0 Å². The van der Waals surface area contributed by atoms with Crippen LogP contribution in [0.15, 0.2) is 12.1 Å². The summed E-state index contributed by atoms with van der Waals surface area (Å²) >= 11 is 4.07. The highest BCUT2D eigenvalue weighted by Crippen LogP contribution is 2.17. The van der Waals surface area contributed by atoms with E-state index in [1.165, 1.54) is 0 Å². The van der Waals surface area contributed by atoms with Crippen molar-refractivity contribution in [1.82, 2.24) is 4.98 Å². The summed E-state index contributed by atoms with van der Waals surface area (Å²) in [7, 11) is 0.